The maximum absolute atomic E-state index is 4.61. The maximum Gasteiger partial charge on any atom is 0.0930 e. The van der Waals surface area contributed by atoms with Crippen LogP contribution in [0.1, 0.15) is 33.4 Å². The second-order valence-corrected chi connectivity index (χ2v) is 5.92. The molecule has 122 valence electrons. The van der Waals surface area contributed by atoms with Gasteiger partial charge in [0.25, 0.3) is 0 Å². The molecule has 0 saturated heterocycles. The van der Waals surface area contributed by atoms with Gasteiger partial charge in [0.05, 0.1) is 12.0 Å². The van der Waals surface area contributed by atoms with Gasteiger partial charge in [-0.2, -0.15) is 0 Å². The van der Waals surface area contributed by atoms with Crippen LogP contribution in [0.5, 0.6) is 0 Å². The van der Waals surface area contributed by atoms with Gasteiger partial charge < -0.3 is 5.32 Å². The first-order valence-electron chi connectivity index (χ1n) is 7.83. The Labute approximate surface area is 141 Å². The van der Waals surface area contributed by atoms with Crippen molar-refractivity contribution in [3.05, 3.63) is 70.8 Å². The Balaban J connectivity index is 0.00000127. The Morgan fingerprint density at radius 3 is 1.57 bits per heavy atom. The largest absolute Gasteiger partial charge is 0.346 e. The quantitative estimate of drug-likeness (QED) is 0.413. The van der Waals surface area contributed by atoms with Crippen molar-refractivity contribution >= 4 is 17.7 Å². The Hall–Kier alpha value is -2.35. The third kappa shape index (κ3) is 4.82. The minimum absolute atomic E-state index is 1.05. The predicted octanol–water partition coefficient (Wildman–Crippen LogP) is 6.11. The number of rotatable bonds is 3. The maximum atomic E-state index is 4.61. The van der Waals surface area contributed by atoms with Gasteiger partial charge in [-0.25, -0.2) is 4.99 Å². The van der Waals surface area contributed by atoms with E-state index >= 15 is 0 Å². The number of hydrogen-bond donors (Lipinski definition) is 1. The number of hydrogen-bond acceptors (Lipinski definition) is 1. The highest BCUT2D eigenvalue weighted by molar-refractivity contribution is 5.81. The number of aliphatic imine (C=N–C) groups is 1. The predicted molar refractivity (Wildman–Crippen MR) is 104 cm³/mol. The molecule has 0 fully saturated rings. The molecule has 0 aliphatic heterocycles. The molecular weight excluding hydrogens is 280 g/mol. The molecule has 0 spiro atoms. The second kappa shape index (κ2) is 8.33. The van der Waals surface area contributed by atoms with Crippen LogP contribution in [0.25, 0.3) is 0 Å². The average molecular weight is 308 g/mol. The first-order valence-corrected chi connectivity index (χ1v) is 7.83. The third-order valence-corrected chi connectivity index (χ3v) is 3.71. The highest BCUT2D eigenvalue weighted by Crippen LogP contribution is 2.25. The minimum Gasteiger partial charge on any atom is -0.346 e. The molecule has 2 rings (SSSR count). The summed E-state index contributed by atoms with van der Waals surface area (Å²) in [7, 11) is 0. The molecule has 0 aliphatic carbocycles. The van der Waals surface area contributed by atoms with Crippen molar-refractivity contribution in [1.29, 1.82) is 0 Å². The Morgan fingerprint density at radius 1 is 0.739 bits per heavy atom. The lowest BCUT2D eigenvalue weighted by atomic mass is 10.1. The number of nitrogens with one attached hydrogen (secondary N) is 1. The van der Waals surface area contributed by atoms with Gasteiger partial charge in [-0.3, -0.25) is 0 Å². The molecule has 2 heteroatoms. The summed E-state index contributed by atoms with van der Waals surface area (Å²) in [4.78, 5) is 4.61. The zero-order chi connectivity index (χ0) is 17.6. The smallest absolute Gasteiger partial charge is 0.0930 e. The van der Waals surface area contributed by atoms with Gasteiger partial charge in [0.1, 0.15) is 0 Å². The van der Waals surface area contributed by atoms with Gasteiger partial charge in [-0.05, 0) is 63.8 Å². The fraction of sp³-hybridized carbons (Fsp3) is 0.286. The Morgan fingerprint density at radius 2 is 1.13 bits per heavy atom. The van der Waals surface area contributed by atoms with Crippen LogP contribution in [-0.4, -0.2) is 6.34 Å². The highest BCUT2D eigenvalue weighted by atomic mass is 14.9. The lowest BCUT2D eigenvalue weighted by Gasteiger charge is -2.11. The first-order chi connectivity index (χ1) is 10.9. The van der Waals surface area contributed by atoms with Gasteiger partial charge in [-0.15, -0.1) is 13.2 Å². The molecular formula is C21H28N2. The lowest BCUT2D eigenvalue weighted by molar-refractivity contribution is 1.28. The summed E-state index contributed by atoms with van der Waals surface area (Å²) in [5.74, 6) is 0. The molecule has 23 heavy (non-hydrogen) atoms. The monoisotopic (exact) mass is 308 g/mol. The molecule has 0 atom stereocenters. The molecule has 1 N–H and O–H groups in total. The molecule has 0 saturated carbocycles. The van der Waals surface area contributed by atoms with E-state index in [1.54, 1.807) is 6.34 Å². The summed E-state index contributed by atoms with van der Waals surface area (Å²) in [6.45, 7) is 18.7. The van der Waals surface area contributed by atoms with E-state index in [2.05, 4.69) is 89.3 Å². The van der Waals surface area contributed by atoms with E-state index in [1.807, 2.05) is 0 Å². The van der Waals surface area contributed by atoms with Crippen LogP contribution >= 0.6 is 0 Å². The summed E-state index contributed by atoms with van der Waals surface area (Å²) in [6, 6.07) is 8.71. The zero-order valence-corrected chi connectivity index (χ0v) is 15.2. The van der Waals surface area contributed by atoms with Crippen molar-refractivity contribution in [3.8, 4) is 0 Å². The van der Waals surface area contributed by atoms with Crippen molar-refractivity contribution in [3.63, 3.8) is 0 Å². The summed E-state index contributed by atoms with van der Waals surface area (Å²) in [5, 5.41) is 3.33. The summed E-state index contributed by atoms with van der Waals surface area (Å²) < 4.78 is 0. The first kappa shape index (κ1) is 18.7. The van der Waals surface area contributed by atoms with Crippen molar-refractivity contribution in [2.75, 3.05) is 5.32 Å². The van der Waals surface area contributed by atoms with Crippen molar-refractivity contribution in [1.82, 2.24) is 0 Å². The van der Waals surface area contributed by atoms with E-state index in [0.717, 1.165) is 11.4 Å². The molecule has 2 aromatic carbocycles. The van der Waals surface area contributed by atoms with E-state index in [0.29, 0.717) is 0 Å². The number of anilines is 1. The molecule has 0 amide bonds. The number of benzene rings is 2. The number of aryl methyl sites for hydroxylation is 6. The number of nitrogens with zero attached hydrogens (tertiary/aromatic N) is 1. The topological polar surface area (TPSA) is 24.4 Å². The lowest BCUT2D eigenvalue weighted by Crippen LogP contribution is -2.00. The Bertz CT molecular complexity index is 666. The summed E-state index contributed by atoms with van der Waals surface area (Å²) in [6.07, 6.45) is 1.80. The molecule has 0 heterocycles. The summed E-state index contributed by atoms with van der Waals surface area (Å²) >= 11 is 0. The van der Waals surface area contributed by atoms with Crippen LogP contribution < -0.4 is 5.32 Å². The van der Waals surface area contributed by atoms with E-state index in [1.165, 1.54) is 33.4 Å². The van der Waals surface area contributed by atoms with Gasteiger partial charge >= 0.3 is 0 Å². The van der Waals surface area contributed by atoms with E-state index < -0.39 is 0 Å². The molecule has 2 nitrogen and oxygen atoms in total. The van der Waals surface area contributed by atoms with E-state index in [-0.39, 0.29) is 0 Å². The van der Waals surface area contributed by atoms with Gasteiger partial charge in [0.15, 0.2) is 0 Å². The normalized spacial score (nSPS) is 10.3. The van der Waals surface area contributed by atoms with Crippen molar-refractivity contribution in [2.45, 2.75) is 41.5 Å². The van der Waals surface area contributed by atoms with Crippen LogP contribution in [0.3, 0.4) is 0 Å². The van der Waals surface area contributed by atoms with Gasteiger partial charge in [0, 0.05) is 5.69 Å². The van der Waals surface area contributed by atoms with Crippen LogP contribution in [0.15, 0.2) is 42.4 Å². The minimum atomic E-state index is 1.05. The van der Waals surface area contributed by atoms with Crippen LogP contribution in [0.4, 0.5) is 11.4 Å². The zero-order valence-electron chi connectivity index (χ0n) is 15.2. The molecule has 0 bridgehead atoms. The van der Waals surface area contributed by atoms with Crippen molar-refractivity contribution < 1.29 is 0 Å². The van der Waals surface area contributed by atoms with Crippen molar-refractivity contribution in [2.24, 2.45) is 4.99 Å². The molecule has 0 unspecified atom stereocenters. The molecule has 0 aliphatic rings. The van der Waals surface area contributed by atoms with Crippen LogP contribution in [0.2, 0.25) is 0 Å². The van der Waals surface area contributed by atoms with Crippen LogP contribution in [0, 0.1) is 41.5 Å². The van der Waals surface area contributed by atoms with Gasteiger partial charge in [-0.1, -0.05) is 35.4 Å². The van der Waals surface area contributed by atoms with Crippen LogP contribution in [-0.2, 0) is 0 Å². The highest BCUT2D eigenvalue weighted by Gasteiger charge is 2.03. The fourth-order valence-corrected chi connectivity index (χ4v) is 2.95. The Kier molecular flexibility index (Phi) is 6.77. The second-order valence-electron chi connectivity index (χ2n) is 5.92. The van der Waals surface area contributed by atoms with Gasteiger partial charge in [0.2, 0.25) is 0 Å². The molecule has 0 aromatic heterocycles. The average Bonchev–Trinajstić information content (AvgIpc) is 2.46. The molecule has 0 radical (unpaired) electrons. The standard InChI is InChI=1S/C19H24N2.C2H4/c1-12-7-14(3)18(15(4)8-12)20-11-21-19-16(5)9-13(2)10-17(19)6;1-2/h7-11H,1-6H3,(H,20,21);1-2H2. The van der Waals surface area contributed by atoms with E-state index in [4.69, 9.17) is 0 Å². The third-order valence-electron chi connectivity index (χ3n) is 3.71. The summed E-state index contributed by atoms with van der Waals surface area (Å²) in [5.41, 5.74) is 9.68. The molecule has 2 aromatic rings. The van der Waals surface area contributed by atoms with E-state index in [9.17, 15) is 0 Å². The SMILES string of the molecule is C=C.Cc1cc(C)c(N=CNc2c(C)cc(C)cc2C)c(C)c1. The fourth-order valence-electron chi connectivity index (χ4n) is 2.95.